The molecule has 0 saturated heterocycles. The number of ether oxygens (including phenoxy) is 1. The Labute approximate surface area is 157 Å². The summed E-state index contributed by atoms with van der Waals surface area (Å²) in [5.74, 6) is -6.41. The van der Waals surface area contributed by atoms with Crippen molar-refractivity contribution < 1.29 is 27.5 Å². The van der Waals surface area contributed by atoms with Crippen LogP contribution in [0.25, 0.3) is 0 Å². The number of carbonyl (C=O) groups excluding carboxylic acids is 2. The van der Waals surface area contributed by atoms with Gasteiger partial charge in [-0.3, -0.25) is 9.59 Å². The van der Waals surface area contributed by atoms with Gasteiger partial charge >= 0.3 is 0 Å². The molecule has 1 fully saturated rings. The molecule has 0 aromatic heterocycles. The molecule has 1 aliphatic rings. The van der Waals surface area contributed by atoms with Crippen molar-refractivity contribution in [1.29, 1.82) is 0 Å². The number of methoxy groups -OCH3 is 1. The van der Waals surface area contributed by atoms with E-state index >= 15 is 0 Å². The smallest absolute Gasteiger partial charge is 0.228 e. The summed E-state index contributed by atoms with van der Waals surface area (Å²) in [7, 11) is 1.46. The van der Waals surface area contributed by atoms with Gasteiger partial charge in [-0.05, 0) is 36.8 Å². The number of hydrogen-bond donors (Lipinski definition) is 2. The van der Waals surface area contributed by atoms with E-state index in [0.717, 1.165) is 6.07 Å². The molecule has 1 saturated carbocycles. The number of hydrogen-bond acceptors (Lipinski definition) is 3. The van der Waals surface area contributed by atoms with E-state index in [0.29, 0.717) is 22.5 Å². The average molecular weight is 399 g/mol. The fourth-order valence-corrected chi connectivity index (χ4v) is 2.86. The summed E-state index contributed by atoms with van der Waals surface area (Å²) in [5, 5.41) is 5.12. The summed E-state index contributed by atoms with van der Waals surface area (Å²) in [6.45, 7) is 0. The minimum absolute atomic E-state index is 0.257. The van der Waals surface area contributed by atoms with Gasteiger partial charge in [0.05, 0.1) is 29.7 Å². The van der Waals surface area contributed by atoms with E-state index in [1.165, 1.54) is 13.2 Å². The number of halogens is 4. The van der Waals surface area contributed by atoms with Gasteiger partial charge in [-0.1, -0.05) is 11.6 Å². The summed E-state index contributed by atoms with van der Waals surface area (Å²) < 4.78 is 44.8. The van der Waals surface area contributed by atoms with Crippen LogP contribution in [0.1, 0.15) is 6.42 Å². The normalized spacial score (nSPS) is 18.0. The summed E-state index contributed by atoms with van der Waals surface area (Å²) in [6.07, 6.45) is 0.257. The van der Waals surface area contributed by atoms with Crippen LogP contribution < -0.4 is 15.4 Å². The zero-order valence-corrected chi connectivity index (χ0v) is 14.7. The van der Waals surface area contributed by atoms with Crippen molar-refractivity contribution in [1.82, 2.24) is 0 Å². The first-order valence-corrected chi connectivity index (χ1v) is 8.28. The highest BCUT2D eigenvalue weighted by molar-refractivity contribution is 6.32. The predicted molar refractivity (Wildman–Crippen MR) is 93.2 cm³/mol. The lowest BCUT2D eigenvalue weighted by molar-refractivity contribution is -0.122. The summed E-state index contributed by atoms with van der Waals surface area (Å²) >= 11 is 5.98. The van der Waals surface area contributed by atoms with Gasteiger partial charge in [0.25, 0.3) is 0 Å². The number of anilines is 2. The first-order chi connectivity index (χ1) is 12.8. The van der Waals surface area contributed by atoms with E-state index < -0.39 is 46.8 Å². The van der Waals surface area contributed by atoms with E-state index in [9.17, 15) is 22.8 Å². The quantitative estimate of drug-likeness (QED) is 0.749. The molecule has 1 aliphatic carbocycles. The molecule has 0 spiro atoms. The molecule has 27 heavy (non-hydrogen) atoms. The third kappa shape index (κ3) is 4.00. The maximum Gasteiger partial charge on any atom is 0.228 e. The van der Waals surface area contributed by atoms with Crippen molar-refractivity contribution in [3.05, 3.63) is 52.8 Å². The first kappa shape index (κ1) is 19.0. The van der Waals surface area contributed by atoms with E-state index in [-0.39, 0.29) is 6.42 Å². The minimum atomic E-state index is -1.67. The Bertz CT molecular complexity index is 923. The van der Waals surface area contributed by atoms with E-state index in [1.54, 1.807) is 12.1 Å². The van der Waals surface area contributed by atoms with Gasteiger partial charge in [0.2, 0.25) is 11.8 Å². The maximum atomic E-state index is 13.6. The number of benzene rings is 2. The zero-order valence-electron chi connectivity index (χ0n) is 14.0. The van der Waals surface area contributed by atoms with Crippen molar-refractivity contribution in [2.45, 2.75) is 6.42 Å². The lowest BCUT2D eigenvalue weighted by Crippen LogP contribution is -2.21. The van der Waals surface area contributed by atoms with Crippen LogP contribution in [0, 0.1) is 29.3 Å². The molecule has 2 unspecified atom stereocenters. The molecular weight excluding hydrogens is 385 g/mol. The molecule has 9 heteroatoms. The summed E-state index contributed by atoms with van der Waals surface area (Å²) in [6, 6.07) is 6.31. The number of carbonyl (C=O) groups is 2. The van der Waals surface area contributed by atoms with Crippen LogP contribution in [-0.4, -0.2) is 18.9 Å². The van der Waals surface area contributed by atoms with Gasteiger partial charge in [-0.2, -0.15) is 0 Å². The second-order valence-electron chi connectivity index (χ2n) is 6.00. The molecule has 0 heterocycles. The highest BCUT2D eigenvalue weighted by atomic mass is 35.5. The highest BCUT2D eigenvalue weighted by Crippen LogP contribution is 2.40. The Morgan fingerprint density at radius 1 is 1.04 bits per heavy atom. The minimum Gasteiger partial charge on any atom is -0.495 e. The Hall–Kier alpha value is -2.74. The van der Waals surface area contributed by atoms with Crippen molar-refractivity contribution in [2.24, 2.45) is 11.8 Å². The second-order valence-corrected chi connectivity index (χ2v) is 6.41. The lowest BCUT2D eigenvalue weighted by Gasteiger charge is -2.09. The molecule has 2 N–H and O–H groups in total. The van der Waals surface area contributed by atoms with Crippen molar-refractivity contribution >= 4 is 34.8 Å². The van der Waals surface area contributed by atoms with E-state index in [4.69, 9.17) is 16.3 Å². The Morgan fingerprint density at radius 3 is 2.33 bits per heavy atom. The Balaban J connectivity index is 1.60. The van der Waals surface area contributed by atoms with Gasteiger partial charge in [0.1, 0.15) is 5.75 Å². The van der Waals surface area contributed by atoms with E-state index in [1.807, 2.05) is 0 Å². The summed E-state index contributed by atoms with van der Waals surface area (Å²) in [5.41, 5.74) is -0.0459. The molecule has 2 amide bonds. The predicted octanol–water partition coefficient (Wildman–Crippen LogP) is 3.98. The molecule has 2 aromatic carbocycles. The molecule has 0 aliphatic heterocycles. The molecule has 0 radical (unpaired) electrons. The molecule has 5 nitrogen and oxygen atoms in total. The van der Waals surface area contributed by atoms with Gasteiger partial charge < -0.3 is 15.4 Å². The first-order valence-electron chi connectivity index (χ1n) is 7.90. The SMILES string of the molecule is COc1ccc(NC(=O)C2CC2C(=O)Nc2ccc(F)c(F)c2F)cc1Cl. The van der Waals surface area contributed by atoms with Crippen LogP contribution in [-0.2, 0) is 9.59 Å². The number of rotatable bonds is 5. The highest BCUT2D eigenvalue weighted by Gasteiger charge is 2.48. The molecule has 0 bridgehead atoms. The van der Waals surface area contributed by atoms with Crippen molar-refractivity contribution in [2.75, 3.05) is 17.7 Å². The Kier molecular flexibility index (Phi) is 5.27. The number of nitrogens with one attached hydrogen (secondary N) is 2. The van der Waals surface area contributed by atoms with Crippen LogP contribution in [0.2, 0.25) is 5.02 Å². The molecular formula is C18H14ClF3N2O3. The maximum absolute atomic E-state index is 13.6. The monoisotopic (exact) mass is 398 g/mol. The van der Waals surface area contributed by atoms with Crippen LogP contribution >= 0.6 is 11.6 Å². The van der Waals surface area contributed by atoms with Crippen LogP contribution in [0.3, 0.4) is 0 Å². The molecule has 3 rings (SSSR count). The zero-order chi connectivity index (χ0) is 19.7. The van der Waals surface area contributed by atoms with Gasteiger partial charge in [-0.15, -0.1) is 0 Å². The van der Waals surface area contributed by atoms with Crippen LogP contribution in [0.5, 0.6) is 5.75 Å². The lowest BCUT2D eigenvalue weighted by atomic mass is 10.2. The van der Waals surface area contributed by atoms with Gasteiger partial charge in [-0.25, -0.2) is 13.2 Å². The third-order valence-electron chi connectivity index (χ3n) is 4.18. The largest absolute Gasteiger partial charge is 0.495 e. The van der Waals surface area contributed by atoms with Gasteiger partial charge in [0, 0.05) is 5.69 Å². The van der Waals surface area contributed by atoms with Crippen molar-refractivity contribution in [3.8, 4) is 5.75 Å². The van der Waals surface area contributed by atoms with E-state index in [2.05, 4.69) is 10.6 Å². The fourth-order valence-electron chi connectivity index (χ4n) is 2.60. The average Bonchev–Trinajstić information content (AvgIpc) is 3.43. The molecule has 2 atom stereocenters. The molecule has 142 valence electrons. The van der Waals surface area contributed by atoms with Crippen molar-refractivity contribution in [3.63, 3.8) is 0 Å². The molecule has 2 aromatic rings. The fraction of sp³-hybridized carbons (Fsp3) is 0.222. The Morgan fingerprint density at radius 2 is 1.70 bits per heavy atom. The standard InChI is InChI=1S/C18H14ClF3N2O3/c1-27-14-5-2-8(6-11(14)19)23-17(25)9-7-10(9)18(26)24-13-4-3-12(20)15(21)16(13)22/h2-6,9-10H,7H2,1H3,(H,23,25)(H,24,26). The third-order valence-corrected chi connectivity index (χ3v) is 4.47. The van der Waals surface area contributed by atoms with Gasteiger partial charge in [0.15, 0.2) is 17.5 Å². The number of amides is 2. The topological polar surface area (TPSA) is 67.4 Å². The van der Waals surface area contributed by atoms with Crippen LogP contribution in [0.4, 0.5) is 24.5 Å². The summed E-state index contributed by atoms with van der Waals surface area (Å²) in [4.78, 5) is 24.3. The second kappa shape index (κ2) is 7.48. The van der Waals surface area contributed by atoms with Crippen LogP contribution in [0.15, 0.2) is 30.3 Å².